The van der Waals surface area contributed by atoms with Crippen molar-refractivity contribution in [1.82, 2.24) is 5.32 Å². The van der Waals surface area contributed by atoms with E-state index in [0.29, 0.717) is 6.04 Å². The van der Waals surface area contributed by atoms with E-state index in [1.165, 1.54) is 61.8 Å². The first-order valence-electron chi connectivity index (χ1n) is 8.52. The number of hydrogen-bond acceptors (Lipinski definition) is 2. The van der Waals surface area contributed by atoms with Crippen LogP contribution in [0.2, 0.25) is 0 Å². The molecule has 1 aliphatic carbocycles. The first kappa shape index (κ1) is 16.0. The van der Waals surface area contributed by atoms with Crippen molar-refractivity contribution in [3.05, 3.63) is 21.4 Å². The minimum atomic E-state index is 0.603. The van der Waals surface area contributed by atoms with Crippen LogP contribution in [-0.2, 0) is 0 Å². The zero-order valence-electron chi connectivity index (χ0n) is 13.5. The SMILES string of the molecule is CCCNC(c1sc(C)cc1C)C1CCCCCCC1. The summed E-state index contributed by atoms with van der Waals surface area (Å²) in [5.41, 5.74) is 1.50. The standard InChI is InChI=1S/C18H31NS/c1-4-12-19-17(18-14(2)13-15(3)20-18)16-10-8-6-5-7-9-11-16/h13,16-17,19H,4-12H2,1-3H3. The van der Waals surface area contributed by atoms with E-state index in [2.05, 4.69) is 32.2 Å². The molecule has 20 heavy (non-hydrogen) atoms. The molecule has 1 heterocycles. The molecule has 1 fully saturated rings. The van der Waals surface area contributed by atoms with Crippen molar-refractivity contribution in [2.45, 2.75) is 78.2 Å². The monoisotopic (exact) mass is 293 g/mol. The Balaban J connectivity index is 2.14. The van der Waals surface area contributed by atoms with Gasteiger partial charge in [-0.2, -0.15) is 0 Å². The molecule has 1 nitrogen and oxygen atoms in total. The topological polar surface area (TPSA) is 12.0 Å². The molecule has 0 aromatic carbocycles. The summed E-state index contributed by atoms with van der Waals surface area (Å²) in [6.45, 7) is 7.96. The van der Waals surface area contributed by atoms with E-state index in [1.54, 1.807) is 4.88 Å². The molecule has 1 atom stereocenters. The molecular formula is C18H31NS. The van der Waals surface area contributed by atoms with Crippen LogP contribution in [0, 0.1) is 19.8 Å². The molecule has 1 aromatic heterocycles. The van der Waals surface area contributed by atoms with Crippen LogP contribution in [0.5, 0.6) is 0 Å². The summed E-state index contributed by atoms with van der Waals surface area (Å²) < 4.78 is 0. The van der Waals surface area contributed by atoms with Gasteiger partial charge in [0.25, 0.3) is 0 Å². The van der Waals surface area contributed by atoms with Gasteiger partial charge in [-0.1, -0.05) is 39.0 Å². The van der Waals surface area contributed by atoms with Gasteiger partial charge in [0.2, 0.25) is 0 Å². The molecule has 1 aromatic rings. The van der Waals surface area contributed by atoms with E-state index in [0.717, 1.165) is 12.5 Å². The highest BCUT2D eigenvalue weighted by Crippen LogP contribution is 2.37. The summed E-state index contributed by atoms with van der Waals surface area (Å²) in [5.74, 6) is 0.846. The van der Waals surface area contributed by atoms with Crippen molar-refractivity contribution in [1.29, 1.82) is 0 Å². The molecule has 0 saturated heterocycles. The molecule has 1 saturated carbocycles. The predicted octanol–water partition coefficient (Wildman–Crippen LogP) is 5.77. The Morgan fingerprint density at radius 1 is 1.15 bits per heavy atom. The minimum Gasteiger partial charge on any atom is -0.309 e. The average molecular weight is 294 g/mol. The van der Waals surface area contributed by atoms with E-state index < -0.39 is 0 Å². The first-order chi connectivity index (χ1) is 9.72. The number of aryl methyl sites for hydroxylation is 2. The Labute approximate surface area is 129 Å². The van der Waals surface area contributed by atoms with Crippen molar-refractivity contribution >= 4 is 11.3 Å². The van der Waals surface area contributed by atoms with Gasteiger partial charge in [-0.25, -0.2) is 0 Å². The molecule has 2 rings (SSSR count). The maximum Gasteiger partial charge on any atom is 0.0446 e. The van der Waals surface area contributed by atoms with Gasteiger partial charge in [0.05, 0.1) is 0 Å². The highest BCUT2D eigenvalue weighted by molar-refractivity contribution is 7.12. The Hall–Kier alpha value is -0.340. The third-order valence-electron chi connectivity index (χ3n) is 4.60. The normalized spacial score (nSPS) is 19.6. The Morgan fingerprint density at radius 3 is 2.35 bits per heavy atom. The van der Waals surface area contributed by atoms with Crippen molar-refractivity contribution in [2.24, 2.45) is 5.92 Å². The molecule has 0 aliphatic heterocycles. The predicted molar refractivity (Wildman–Crippen MR) is 90.6 cm³/mol. The van der Waals surface area contributed by atoms with Crippen LogP contribution in [0.1, 0.15) is 79.6 Å². The summed E-state index contributed by atoms with van der Waals surface area (Å²) in [7, 11) is 0. The Morgan fingerprint density at radius 2 is 1.80 bits per heavy atom. The van der Waals surface area contributed by atoms with Gasteiger partial charge in [0, 0.05) is 15.8 Å². The minimum absolute atomic E-state index is 0.603. The molecule has 0 amide bonds. The van der Waals surface area contributed by atoms with Gasteiger partial charge in [0.15, 0.2) is 0 Å². The fraction of sp³-hybridized carbons (Fsp3) is 0.778. The highest BCUT2D eigenvalue weighted by atomic mass is 32.1. The first-order valence-corrected chi connectivity index (χ1v) is 9.34. The van der Waals surface area contributed by atoms with Crippen LogP contribution in [0.25, 0.3) is 0 Å². The van der Waals surface area contributed by atoms with Crippen LogP contribution < -0.4 is 5.32 Å². The maximum atomic E-state index is 3.87. The lowest BCUT2D eigenvalue weighted by Gasteiger charge is -2.29. The van der Waals surface area contributed by atoms with E-state index in [4.69, 9.17) is 0 Å². The lowest BCUT2D eigenvalue weighted by molar-refractivity contribution is 0.291. The van der Waals surface area contributed by atoms with Crippen molar-refractivity contribution in [3.63, 3.8) is 0 Å². The molecule has 0 bridgehead atoms. The summed E-state index contributed by atoms with van der Waals surface area (Å²) in [4.78, 5) is 3.08. The summed E-state index contributed by atoms with van der Waals surface area (Å²) in [6, 6.07) is 2.97. The number of hydrogen-bond donors (Lipinski definition) is 1. The second kappa shape index (κ2) is 8.19. The quantitative estimate of drug-likeness (QED) is 0.727. The smallest absolute Gasteiger partial charge is 0.0446 e. The molecule has 1 unspecified atom stereocenters. The Kier molecular flexibility index (Phi) is 6.57. The average Bonchev–Trinajstić information content (AvgIpc) is 2.71. The number of rotatable bonds is 5. The fourth-order valence-corrected chi connectivity index (χ4v) is 4.77. The largest absolute Gasteiger partial charge is 0.309 e. The highest BCUT2D eigenvalue weighted by Gasteiger charge is 2.25. The molecule has 2 heteroatoms. The number of thiophene rings is 1. The van der Waals surface area contributed by atoms with E-state index in [-0.39, 0.29) is 0 Å². The van der Waals surface area contributed by atoms with Gasteiger partial charge in [-0.05, 0) is 57.2 Å². The molecule has 114 valence electrons. The van der Waals surface area contributed by atoms with Gasteiger partial charge in [-0.15, -0.1) is 11.3 Å². The summed E-state index contributed by atoms with van der Waals surface area (Å²) in [6.07, 6.45) is 11.3. The fourth-order valence-electron chi connectivity index (χ4n) is 3.56. The van der Waals surface area contributed by atoms with Gasteiger partial charge >= 0.3 is 0 Å². The lowest BCUT2D eigenvalue weighted by Crippen LogP contribution is -2.29. The third-order valence-corrected chi connectivity index (χ3v) is 5.83. The zero-order valence-corrected chi connectivity index (χ0v) is 14.3. The van der Waals surface area contributed by atoms with Crippen LogP contribution in [0.3, 0.4) is 0 Å². The van der Waals surface area contributed by atoms with Crippen LogP contribution >= 0.6 is 11.3 Å². The molecule has 0 radical (unpaired) electrons. The van der Waals surface area contributed by atoms with Crippen molar-refractivity contribution < 1.29 is 0 Å². The van der Waals surface area contributed by atoms with Gasteiger partial charge in [-0.3, -0.25) is 0 Å². The van der Waals surface area contributed by atoms with Crippen LogP contribution in [-0.4, -0.2) is 6.54 Å². The molecule has 1 aliphatic rings. The van der Waals surface area contributed by atoms with Crippen molar-refractivity contribution in [2.75, 3.05) is 6.54 Å². The van der Waals surface area contributed by atoms with Crippen LogP contribution in [0.4, 0.5) is 0 Å². The summed E-state index contributed by atoms with van der Waals surface area (Å²) in [5, 5.41) is 3.87. The number of nitrogens with one attached hydrogen (secondary N) is 1. The second-order valence-electron chi connectivity index (χ2n) is 6.44. The Bertz CT molecular complexity index is 388. The second-order valence-corrected chi connectivity index (χ2v) is 7.73. The molecule has 1 N–H and O–H groups in total. The third kappa shape index (κ3) is 4.33. The molecular weight excluding hydrogens is 262 g/mol. The summed E-state index contributed by atoms with van der Waals surface area (Å²) >= 11 is 2.02. The zero-order chi connectivity index (χ0) is 14.4. The van der Waals surface area contributed by atoms with E-state index in [1.807, 2.05) is 11.3 Å². The molecule has 0 spiro atoms. The van der Waals surface area contributed by atoms with Crippen LogP contribution in [0.15, 0.2) is 6.07 Å². The maximum absolute atomic E-state index is 3.87. The van der Waals surface area contributed by atoms with Crippen molar-refractivity contribution in [3.8, 4) is 0 Å². The van der Waals surface area contributed by atoms with E-state index >= 15 is 0 Å². The lowest BCUT2D eigenvalue weighted by atomic mass is 9.84. The van der Waals surface area contributed by atoms with Gasteiger partial charge < -0.3 is 5.32 Å². The van der Waals surface area contributed by atoms with Gasteiger partial charge in [0.1, 0.15) is 0 Å². The van der Waals surface area contributed by atoms with E-state index in [9.17, 15) is 0 Å².